The van der Waals surface area contributed by atoms with Gasteiger partial charge in [0.25, 0.3) is 0 Å². The van der Waals surface area contributed by atoms with Gasteiger partial charge in [-0.1, -0.05) is 31.2 Å². The predicted molar refractivity (Wildman–Crippen MR) is 110 cm³/mol. The SMILES string of the molecule is CCc1ccc(NC(=O)N2CCN(CCc3cccc(OC)c3)CC2)cc1. The van der Waals surface area contributed by atoms with Crippen LogP contribution >= 0.6 is 0 Å². The van der Waals surface area contributed by atoms with E-state index in [2.05, 4.69) is 41.4 Å². The number of methoxy groups -OCH3 is 1. The monoisotopic (exact) mass is 367 g/mol. The van der Waals surface area contributed by atoms with Crippen LogP contribution in [0.4, 0.5) is 10.5 Å². The Morgan fingerprint density at radius 1 is 1.04 bits per heavy atom. The molecule has 1 heterocycles. The molecule has 0 unspecified atom stereocenters. The molecule has 1 aliphatic heterocycles. The molecule has 1 fully saturated rings. The van der Waals surface area contributed by atoms with Crippen LogP contribution in [0.5, 0.6) is 5.75 Å². The smallest absolute Gasteiger partial charge is 0.321 e. The molecule has 5 heteroatoms. The van der Waals surface area contributed by atoms with Crippen LogP contribution in [0.3, 0.4) is 0 Å². The van der Waals surface area contributed by atoms with Gasteiger partial charge < -0.3 is 15.0 Å². The number of nitrogens with one attached hydrogen (secondary N) is 1. The minimum atomic E-state index is -0.00769. The fourth-order valence-electron chi connectivity index (χ4n) is 3.32. The van der Waals surface area contributed by atoms with Gasteiger partial charge in [0.15, 0.2) is 0 Å². The number of carbonyl (C=O) groups excluding carboxylic acids is 1. The van der Waals surface area contributed by atoms with Crippen molar-refractivity contribution in [1.29, 1.82) is 0 Å². The molecule has 0 atom stereocenters. The van der Waals surface area contributed by atoms with Crippen molar-refractivity contribution >= 4 is 11.7 Å². The number of hydrogen-bond donors (Lipinski definition) is 1. The van der Waals surface area contributed by atoms with Crippen molar-refractivity contribution in [3.63, 3.8) is 0 Å². The first kappa shape index (κ1) is 19.2. The van der Waals surface area contributed by atoms with E-state index in [0.29, 0.717) is 0 Å². The van der Waals surface area contributed by atoms with E-state index in [1.165, 1.54) is 11.1 Å². The molecule has 1 aliphatic rings. The Morgan fingerprint density at radius 2 is 1.78 bits per heavy atom. The third kappa shape index (κ3) is 5.47. The number of ether oxygens (including phenoxy) is 1. The Hall–Kier alpha value is -2.53. The quantitative estimate of drug-likeness (QED) is 0.848. The van der Waals surface area contributed by atoms with E-state index in [1.54, 1.807) is 7.11 Å². The Bertz CT molecular complexity index is 737. The fraction of sp³-hybridized carbons (Fsp3) is 0.409. The zero-order chi connectivity index (χ0) is 19.1. The summed E-state index contributed by atoms with van der Waals surface area (Å²) in [6, 6.07) is 16.3. The van der Waals surface area contributed by atoms with Crippen molar-refractivity contribution in [1.82, 2.24) is 9.80 Å². The number of nitrogens with zero attached hydrogens (tertiary/aromatic N) is 2. The van der Waals surface area contributed by atoms with Gasteiger partial charge in [0, 0.05) is 38.4 Å². The molecule has 0 radical (unpaired) electrons. The normalized spacial score (nSPS) is 14.8. The molecule has 2 amide bonds. The third-order valence-corrected chi connectivity index (χ3v) is 5.12. The minimum absolute atomic E-state index is 0.00769. The number of anilines is 1. The van der Waals surface area contributed by atoms with Gasteiger partial charge in [-0.15, -0.1) is 0 Å². The average molecular weight is 367 g/mol. The maximum atomic E-state index is 12.5. The van der Waals surface area contributed by atoms with Crippen molar-refractivity contribution < 1.29 is 9.53 Å². The van der Waals surface area contributed by atoms with Crippen molar-refractivity contribution in [3.8, 4) is 5.75 Å². The first-order valence-electron chi connectivity index (χ1n) is 9.68. The summed E-state index contributed by atoms with van der Waals surface area (Å²) in [7, 11) is 1.70. The third-order valence-electron chi connectivity index (χ3n) is 5.12. The Kier molecular flexibility index (Phi) is 6.71. The molecule has 0 bridgehead atoms. The second-order valence-electron chi connectivity index (χ2n) is 6.91. The number of carbonyl (C=O) groups is 1. The maximum Gasteiger partial charge on any atom is 0.321 e. The minimum Gasteiger partial charge on any atom is -0.497 e. The molecule has 1 N–H and O–H groups in total. The van der Waals surface area contributed by atoms with E-state index >= 15 is 0 Å². The number of amides is 2. The van der Waals surface area contributed by atoms with Crippen LogP contribution in [0, 0.1) is 0 Å². The van der Waals surface area contributed by atoms with E-state index in [9.17, 15) is 4.79 Å². The predicted octanol–water partition coefficient (Wildman–Crippen LogP) is 3.65. The van der Waals surface area contributed by atoms with Gasteiger partial charge in [-0.25, -0.2) is 4.79 Å². The lowest BCUT2D eigenvalue weighted by Gasteiger charge is -2.34. The number of hydrogen-bond acceptors (Lipinski definition) is 3. The molecule has 0 spiro atoms. The number of urea groups is 1. The van der Waals surface area contributed by atoms with E-state index in [1.807, 2.05) is 29.2 Å². The first-order chi connectivity index (χ1) is 13.2. The molecular formula is C22H29N3O2. The molecule has 1 saturated heterocycles. The lowest BCUT2D eigenvalue weighted by atomic mass is 10.1. The second-order valence-corrected chi connectivity index (χ2v) is 6.91. The van der Waals surface area contributed by atoms with Crippen molar-refractivity contribution in [3.05, 3.63) is 59.7 Å². The van der Waals surface area contributed by atoms with Crippen LogP contribution in [0.1, 0.15) is 18.1 Å². The number of piperazine rings is 1. The van der Waals surface area contributed by atoms with Gasteiger partial charge in [0.2, 0.25) is 0 Å². The second kappa shape index (κ2) is 9.42. The highest BCUT2D eigenvalue weighted by molar-refractivity contribution is 5.89. The lowest BCUT2D eigenvalue weighted by Crippen LogP contribution is -2.50. The first-order valence-corrected chi connectivity index (χ1v) is 9.68. The van der Waals surface area contributed by atoms with Crippen LogP contribution in [-0.4, -0.2) is 55.7 Å². The summed E-state index contributed by atoms with van der Waals surface area (Å²) in [4.78, 5) is 16.8. The molecule has 3 rings (SSSR count). The Morgan fingerprint density at radius 3 is 2.44 bits per heavy atom. The number of rotatable bonds is 6. The molecule has 144 valence electrons. The zero-order valence-electron chi connectivity index (χ0n) is 16.3. The van der Waals surface area contributed by atoms with E-state index in [4.69, 9.17) is 4.74 Å². The van der Waals surface area contributed by atoms with Crippen LogP contribution < -0.4 is 10.1 Å². The molecule has 5 nitrogen and oxygen atoms in total. The molecule has 0 saturated carbocycles. The Balaban J connectivity index is 1.43. The van der Waals surface area contributed by atoms with Gasteiger partial charge in [0.1, 0.15) is 5.75 Å². The molecule has 2 aromatic carbocycles. The molecule has 0 aromatic heterocycles. The average Bonchev–Trinajstić information content (AvgIpc) is 2.73. The molecule has 0 aliphatic carbocycles. The molecule has 27 heavy (non-hydrogen) atoms. The van der Waals surface area contributed by atoms with Crippen LogP contribution in [-0.2, 0) is 12.8 Å². The molecule has 2 aromatic rings. The zero-order valence-corrected chi connectivity index (χ0v) is 16.3. The Labute approximate surface area is 161 Å². The molecular weight excluding hydrogens is 338 g/mol. The van der Waals surface area contributed by atoms with Gasteiger partial charge in [-0.2, -0.15) is 0 Å². The van der Waals surface area contributed by atoms with Crippen molar-refractivity contribution in [2.75, 3.05) is 45.2 Å². The van der Waals surface area contributed by atoms with Gasteiger partial charge in [-0.3, -0.25) is 4.90 Å². The highest BCUT2D eigenvalue weighted by Gasteiger charge is 2.20. The number of benzene rings is 2. The summed E-state index contributed by atoms with van der Waals surface area (Å²) in [5, 5.41) is 3.00. The summed E-state index contributed by atoms with van der Waals surface area (Å²) in [6.07, 6.45) is 2.00. The number of aryl methyl sites for hydroxylation is 1. The highest BCUT2D eigenvalue weighted by atomic mass is 16.5. The summed E-state index contributed by atoms with van der Waals surface area (Å²) in [5.74, 6) is 0.904. The van der Waals surface area contributed by atoms with Crippen LogP contribution in [0.2, 0.25) is 0 Å². The largest absolute Gasteiger partial charge is 0.497 e. The van der Waals surface area contributed by atoms with Crippen LogP contribution in [0.15, 0.2) is 48.5 Å². The van der Waals surface area contributed by atoms with Crippen molar-refractivity contribution in [2.45, 2.75) is 19.8 Å². The lowest BCUT2D eigenvalue weighted by molar-refractivity contribution is 0.148. The van der Waals surface area contributed by atoms with Gasteiger partial charge in [-0.05, 0) is 48.2 Å². The topological polar surface area (TPSA) is 44.8 Å². The van der Waals surface area contributed by atoms with E-state index in [-0.39, 0.29) is 6.03 Å². The summed E-state index contributed by atoms with van der Waals surface area (Å²) in [6.45, 7) is 6.47. The van der Waals surface area contributed by atoms with Crippen molar-refractivity contribution in [2.24, 2.45) is 0 Å². The maximum absolute atomic E-state index is 12.5. The van der Waals surface area contributed by atoms with E-state index in [0.717, 1.165) is 57.0 Å². The van der Waals surface area contributed by atoms with Crippen LogP contribution in [0.25, 0.3) is 0 Å². The summed E-state index contributed by atoms with van der Waals surface area (Å²) < 4.78 is 5.28. The fourth-order valence-corrected chi connectivity index (χ4v) is 3.32. The van der Waals surface area contributed by atoms with Gasteiger partial charge >= 0.3 is 6.03 Å². The summed E-state index contributed by atoms with van der Waals surface area (Å²) >= 11 is 0. The highest BCUT2D eigenvalue weighted by Crippen LogP contribution is 2.15. The summed E-state index contributed by atoms with van der Waals surface area (Å²) in [5.41, 5.74) is 3.42. The van der Waals surface area contributed by atoms with E-state index < -0.39 is 0 Å². The standard InChI is InChI=1S/C22H29N3O2/c1-3-18-7-9-20(10-8-18)23-22(26)25-15-13-24(14-16-25)12-11-19-5-4-6-21(17-19)27-2/h4-10,17H,3,11-16H2,1-2H3,(H,23,26). The van der Waals surface area contributed by atoms with Gasteiger partial charge in [0.05, 0.1) is 7.11 Å².